The molecule has 1 saturated heterocycles. The van der Waals surface area contributed by atoms with Crippen LogP contribution in [0.5, 0.6) is 0 Å². The molecule has 7 heteroatoms. The molecule has 144 valence electrons. The minimum Gasteiger partial charge on any atom is -0.300 e. The second-order valence-electron chi connectivity index (χ2n) is 6.67. The summed E-state index contributed by atoms with van der Waals surface area (Å²) in [4.78, 5) is 2.09. The van der Waals surface area contributed by atoms with Gasteiger partial charge in [0, 0.05) is 30.2 Å². The number of sulfone groups is 1. The molecular formula is C20H20ClF2NO2S. The van der Waals surface area contributed by atoms with Gasteiger partial charge in [-0.2, -0.15) is 0 Å². The molecule has 0 unspecified atom stereocenters. The van der Waals surface area contributed by atoms with E-state index in [-0.39, 0.29) is 23.3 Å². The molecule has 27 heavy (non-hydrogen) atoms. The summed E-state index contributed by atoms with van der Waals surface area (Å²) in [6.45, 7) is 5.19. The molecule has 1 fully saturated rings. The van der Waals surface area contributed by atoms with Crippen LogP contribution in [0.4, 0.5) is 8.78 Å². The van der Waals surface area contributed by atoms with Crippen molar-refractivity contribution < 1.29 is 17.2 Å². The van der Waals surface area contributed by atoms with E-state index in [0.717, 1.165) is 18.2 Å². The molecule has 0 radical (unpaired) electrons. The molecule has 0 aliphatic carbocycles. The van der Waals surface area contributed by atoms with Crippen molar-refractivity contribution in [1.82, 2.24) is 4.90 Å². The number of hydrogen-bond donors (Lipinski definition) is 0. The average molecular weight is 412 g/mol. The normalized spacial score (nSPS) is 17.6. The summed E-state index contributed by atoms with van der Waals surface area (Å²) in [5.74, 6) is -1.38. The highest BCUT2D eigenvalue weighted by molar-refractivity contribution is 7.92. The van der Waals surface area contributed by atoms with Gasteiger partial charge in [-0.15, -0.1) is 6.58 Å². The number of benzene rings is 2. The Labute approximate surface area is 163 Å². The van der Waals surface area contributed by atoms with Gasteiger partial charge in [-0.25, -0.2) is 17.2 Å². The molecule has 0 aromatic heterocycles. The second-order valence-corrected chi connectivity index (χ2v) is 9.36. The van der Waals surface area contributed by atoms with E-state index in [1.165, 1.54) is 24.3 Å². The molecule has 3 nitrogen and oxygen atoms in total. The molecule has 2 aromatic carbocycles. The molecule has 3 rings (SSSR count). The maximum atomic E-state index is 14.7. The fourth-order valence-electron chi connectivity index (χ4n) is 3.65. The number of hydrogen-bond acceptors (Lipinski definition) is 3. The van der Waals surface area contributed by atoms with Gasteiger partial charge >= 0.3 is 0 Å². The van der Waals surface area contributed by atoms with Gasteiger partial charge in [0.2, 0.25) is 0 Å². The summed E-state index contributed by atoms with van der Waals surface area (Å²) in [6.07, 6.45) is 2.06. The molecule has 1 heterocycles. The predicted octanol–water partition coefficient (Wildman–Crippen LogP) is 4.57. The predicted molar refractivity (Wildman–Crippen MR) is 103 cm³/mol. The third-order valence-electron chi connectivity index (χ3n) is 5.11. The molecule has 0 bridgehead atoms. The zero-order chi connectivity index (χ0) is 19.7. The van der Waals surface area contributed by atoms with Gasteiger partial charge in [0.25, 0.3) is 0 Å². The first kappa shape index (κ1) is 20.0. The second kappa shape index (κ2) is 7.70. The zero-order valence-electron chi connectivity index (χ0n) is 14.7. The Morgan fingerprint density at radius 1 is 1.11 bits per heavy atom. The van der Waals surface area contributed by atoms with Crippen molar-refractivity contribution in [2.24, 2.45) is 0 Å². The highest BCUT2D eigenvalue weighted by Gasteiger charge is 2.49. The lowest BCUT2D eigenvalue weighted by atomic mass is 9.87. The van der Waals surface area contributed by atoms with Crippen molar-refractivity contribution in [1.29, 1.82) is 0 Å². The van der Waals surface area contributed by atoms with Crippen molar-refractivity contribution in [3.8, 4) is 0 Å². The Morgan fingerprint density at radius 3 is 2.33 bits per heavy atom. The van der Waals surface area contributed by atoms with E-state index in [1.807, 2.05) is 4.90 Å². The number of likely N-dealkylation sites (tertiary alicyclic amines) is 1. The van der Waals surface area contributed by atoms with Crippen LogP contribution in [0.2, 0.25) is 5.02 Å². The summed E-state index contributed by atoms with van der Waals surface area (Å²) in [7, 11) is -3.99. The minimum absolute atomic E-state index is 0.0488. The first-order valence-corrected chi connectivity index (χ1v) is 10.5. The van der Waals surface area contributed by atoms with E-state index < -0.39 is 26.2 Å². The number of rotatable bonds is 5. The summed E-state index contributed by atoms with van der Waals surface area (Å²) in [5, 5.41) is 0.403. The largest absolute Gasteiger partial charge is 0.300 e. The van der Waals surface area contributed by atoms with Crippen LogP contribution < -0.4 is 0 Å². The molecule has 1 aliphatic rings. The van der Waals surface area contributed by atoms with Crippen molar-refractivity contribution in [2.75, 3.05) is 19.6 Å². The van der Waals surface area contributed by atoms with Gasteiger partial charge in [-0.1, -0.05) is 17.7 Å². The summed E-state index contributed by atoms with van der Waals surface area (Å²) in [5.41, 5.74) is -0.115. The van der Waals surface area contributed by atoms with Crippen LogP contribution in [0.1, 0.15) is 18.4 Å². The standard InChI is InChI=1S/C20H20ClF2NO2S/c1-2-11-24-12-9-20(10-13-24,18-14-16(22)5-8-19(18)23)27(25,26)17-6-3-15(21)4-7-17/h2-8,14H,1,9-13H2. The monoisotopic (exact) mass is 411 g/mol. The van der Waals surface area contributed by atoms with E-state index in [4.69, 9.17) is 11.6 Å². The Bertz CT molecular complexity index is 937. The smallest absolute Gasteiger partial charge is 0.188 e. The summed E-state index contributed by atoms with van der Waals surface area (Å²) >= 11 is 5.88. The summed E-state index contributed by atoms with van der Waals surface area (Å²) in [6, 6.07) is 8.77. The van der Waals surface area contributed by atoms with Gasteiger partial charge in [-0.3, -0.25) is 4.90 Å². The molecule has 0 saturated carbocycles. The van der Waals surface area contributed by atoms with Crippen molar-refractivity contribution >= 4 is 21.4 Å². The van der Waals surface area contributed by atoms with Gasteiger partial charge in [0.15, 0.2) is 9.84 Å². The van der Waals surface area contributed by atoms with Crippen LogP contribution in [-0.4, -0.2) is 33.0 Å². The lowest BCUT2D eigenvalue weighted by Crippen LogP contribution is -2.47. The molecule has 2 aromatic rings. The molecule has 0 spiro atoms. The van der Waals surface area contributed by atoms with Crippen LogP contribution in [0.15, 0.2) is 60.0 Å². The lowest BCUT2D eigenvalue weighted by Gasteiger charge is -2.41. The third kappa shape index (κ3) is 3.66. The van der Waals surface area contributed by atoms with E-state index in [9.17, 15) is 17.2 Å². The third-order valence-corrected chi connectivity index (χ3v) is 7.91. The average Bonchev–Trinajstić information content (AvgIpc) is 2.65. The zero-order valence-corrected chi connectivity index (χ0v) is 16.2. The van der Waals surface area contributed by atoms with Gasteiger partial charge in [0.1, 0.15) is 16.4 Å². The molecule has 0 atom stereocenters. The van der Waals surface area contributed by atoms with Gasteiger partial charge in [0.05, 0.1) is 4.90 Å². The van der Waals surface area contributed by atoms with Crippen molar-refractivity contribution in [2.45, 2.75) is 22.5 Å². The molecule has 0 N–H and O–H groups in total. The Morgan fingerprint density at radius 2 is 1.74 bits per heavy atom. The first-order chi connectivity index (χ1) is 12.8. The van der Waals surface area contributed by atoms with Crippen LogP contribution in [0.3, 0.4) is 0 Å². The van der Waals surface area contributed by atoms with Crippen LogP contribution in [0.25, 0.3) is 0 Å². The fraction of sp³-hybridized carbons (Fsp3) is 0.300. The maximum absolute atomic E-state index is 14.7. The minimum atomic E-state index is -3.99. The Hall–Kier alpha value is -1.76. The van der Waals surface area contributed by atoms with Crippen LogP contribution >= 0.6 is 11.6 Å². The quantitative estimate of drug-likeness (QED) is 0.676. The molecule has 0 amide bonds. The number of halogens is 3. The van der Waals surface area contributed by atoms with Gasteiger partial charge in [-0.05, 0) is 55.3 Å². The van der Waals surface area contributed by atoms with Crippen molar-refractivity contribution in [3.63, 3.8) is 0 Å². The fourth-order valence-corrected chi connectivity index (χ4v) is 5.89. The first-order valence-electron chi connectivity index (χ1n) is 8.59. The van der Waals surface area contributed by atoms with E-state index in [0.29, 0.717) is 24.7 Å². The number of nitrogens with zero attached hydrogens (tertiary/aromatic N) is 1. The lowest BCUT2D eigenvalue weighted by molar-refractivity contribution is 0.210. The topological polar surface area (TPSA) is 37.4 Å². The van der Waals surface area contributed by atoms with Crippen molar-refractivity contribution in [3.05, 3.63) is 77.3 Å². The molecular weight excluding hydrogens is 392 g/mol. The van der Waals surface area contributed by atoms with E-state index in [2.05, 4.69) is 6.58 Å². The Balaban J connectivity index is 2.15. The van der Waals surface area contributed by atoms with Crippen LogP contribution in [-0.2, 0) is 14.6 Å². The van der Waals surface area contributed by atoms with Gasteiger partial charge < -0.3 is 0 Å². The van der Waals surface area contributed by atoms with E-state index in [1.54, 1.807) is 6.08 Å². The van der Waals surface area contributed by atoms with E-state index >= 15 is 0 Å². The maximum Gasteiger partial charge on any atom is 0.188 e. The SMILES string of the molecule is C=CCN1CCC(c2cc(F)ccc2F)(S(=O)(=O)c2ccc(Cl)cc2)CC1. The highest BCUT2D eigenvalue weighted by Crippen LogP contribution is 2.45. The highest BCUT2D eigenvalue weighted by atomic mass is 35.5. The molecule has 1 aliphatic heterocycles. The number of piperidine rings is 1. The Kier molecular flexibility index (Phi) is 5.70. The van der Waals surface area contributed by atoms with Crippen LogP contribution in [0, 0.1) is 11.6 Å². The summed E-state index contributed by atoms with van der Waals surface area (Å²) < 4.78 is 54.2.